The van der Waals surface area contributed by atoms with Crippen molar-refractivity contribution in [2.75, 3.05) is 19.5 Å². The third kappa shape index (κ3) is 4.41. The Balaban J connectivity index is 2.65. The van der Waals surface area contributed by atoms with Crippen LogP contribution in [0.4, 0.5) is 0 Å². The minimum atomic E-state index is -1.26. The van der Waals surface area contributed by atoms with Gasteiger partial charge in [-0.2, -0.15) is 5.26 Å². The van der Waals surface area contributed by atoms with Gasteiger partial charge in [0.2, 0.25) is 11.8 Å². The monoisotopic (exact) mass is 389 g/mol. The first kappa shape index (κ1) is 20.3. The summed E-state index contributed by atoms with van der Waals surface area (Å²) in [5.41, 5.74) is 5.82. The minimum absolute atomic E-state index is 0.122. The lowest BCUT2D eigenvalue weighted by molar-refractivity contribution is -0.150. The van der Waals surface area contributed by atoms with Crippen molar-refractivity contribution in [3.63, 3.8) is 0 Å². The average Bonchev–Trinajstić information content (AvgIpc) is 2.65. The number of nitriles is 1. The zero-order chi connectivity index (χ0) is 20.0. The topological polar surface area (TPSA) is 132 Å². The van der Waals surface area contributed by atoms with Crippen LogP contribution in [0.5, 0.6) is 5.75 Å². The number of hydrogen-bond donors (Lipinski definition) is 2. The quantitative estimate of drug-likeness (QED) is 0.526. The molecule has 0 aliphatic carbocycles. The summed E-state index contributed by atoms with van der Waals surface area (Å²) in [6.07, 6.45) is 0. The van der Waals surface area contributed by atoms with Crippen molar-refractivity contribution in [2.45, 2.75) is 12.8 Å². The third-order valence-electron chi connectivity index (χ3n) is 3.90. The van der Waals surface area contributed by atoms with Crippen molar-refractivity contribution >= 4 is 29.5 Å². The maximum Gasteiger partial charge on any atom is 0.319 e. The summed E-state index contributed by atoms with van der Waals surface area (Å²) in [4.78, 5) is 36.1. The van der Waals surface area contributed by atoms with E-state index in [-0.39, 0.29) is 16.4 Å². The van der Waals surface area contributed by atoms with Crippen LogP contribution in [0.1, 0.15) is 18.4 Å². The molecular formula is C18H19N3O5S. The second-order valence-electron chi connectivity index (χ2n) is 5.55. The zero-order valence-corrected chi connectivity index (χ0v) is 15.7. The Hall–Kier alpha value is -2.99. The number of amides is 2. The molecule has 2 amide bonds. The highest BCUT2D eigenvalue weighted by molar-refractivity contribution is 8.03. The van der Waals surface area contributed by atoms with Crippen LogP contribution in [-0.2, 0) is 19.1 Å². The van der Waals surface area contributed by atoms with Crippen LogP contribution in [0.2, 0.25) is 0 Å². The molecule has 0 radical (unpaired) electrons. The van der Waals surface area contributed by atoms with Gasteiger partial charge in [0.1, 0.15) is 11.7 Å². The van der Waals surface area contributed by atoms with Gasteiger partial charge in [0.05, 0.1) is 36.1 Å². The molecule has 0 fully saturated rings. The van der Waals surface area contributed by atoms with E-state index in [0.717, 1.165) is 11.8 Å². The largest absolute Gasteiger partial charge is 0.494 e. The zero-order valence-electron chi connectivity index (χ0n) is 14.9. The van der Waals surface area contributed by atoms with Gasteiger partial charge in [-0.15, -0.1) is 0 Å². The van der Waals surface area contributed by atoms with E-state index in [2.05, 4.69) is 11.4 Å². The predicted molar refractivity (Wildman–Crippen MR) is 98.3 cm³/mol. The Labute approximate surface area is 160 Å². The van der Waals surface area contributed by atoms with Gasteiger partial charge < -0.3 is 20.5 Å². The van der Waals surface area contributed by atoms with E-state index in [0.29, 0.717) is 17.9 Å². The number of ether oxygens (including phenoxy) is 2. The molecule has 3 N–H and O–H groups in total. The molecule has 1 heterocycles. The SMILES string of the molecule is CCOc1ccccc1[C@H]1C(C#N)=C(SCC(N)=O)NC(=O)[C@@H]1C(=O)OC. The molecule has 1 aromatic rings. The number of esters is 1. The Bertz CT molecular complexity index is 831. The fourth-order valence-corrected chi connectivity index (χ4v) is 3.61. The molecule has 0 bridgehead atoms. The molecule has 0 saturated carbocycles. The second kappa shape index (κ2) is 9.09. The van der Waals surface area contributed by atoms with Crippen molar-refractivity contribution < 1.29 is 23.9 Å². The number of hydrogen-bond acceptors (Lipinski definition) is 7. The maximum atomic E-state index is 12.6. The van der Waals surface area contributed by atoms with Crippen LogP contribution in [0, 0.1) is 17.2 Å². The summed E-state index contributed by atoms with van der Waals surface area (Å²) in [6, 6.07) is 8.92. The number of nitrogens with two attached hydrogens (primary N) is 1. The number of nitrogens with one attached hydrogen (secondary N) is 1. The van der Waals surface area contributed by atoms with Gasteiger partial charge in [-0.3, -0.25) is 14.4 Å². The molecule has 0 spiro atoms. The van der Waals surface area contributed by atoms with Crippen molar-refractivity contribution in [2.24, 2.45) is 11.7 Å². The fraction of sp³-hybridized carbons (Fsp3) is 0.333. The number of benzene rings is 1. The molecule has 1 aliphatic rings. The molecule has 2 rings (SSSR count). The molecular weight excluding hydrogens is 370 g/mol. The highest BCUT2D eigenvalue weighted by Gasteiger charge is 2.45. The second-order valence-corrected chi connectivity index (χ2v) is 6.53. The van der Waals surface area contributed by atoms with Gasteiger partial charge in [0.15, 0.2) is 0 Å². The number of carbonyl (C=O) groups excluding carboxylic acids is 3. The first-order chi connectivity index (χ1) is 12.9. The molecule has 8 nitrogen and oxygen atoms in total. The van der Waals surface area contributed by atoms with Gasteiger partial charge in [0.25, 0.3) is 0 Å². The summed E-state index contributed by atoms with van der Waals surface area (Å²) >= 11 is 0.939. The van der Waals surface area contributed by atoms with E-state index >= 15 is 0 Å². The summed E-state index contributed by atoms with van der Waals surface area (Å²) in [7, 11) is 1.17. The minimum Gasteiger partial charge on any atom is -0.494 e. The van der Waals surface area contributed by atoms with Crippen molar-refractivity contribution in [1.82, 2.24) is 5.32 Å². The van der Waals surface area contributed by atoms with E-state index in [9.17, 15) is 19.6 Å². The summed E-state index contributed by atoms with van der Waals surface area (Å²) in [5.74, 6) is -3.82. The van der Waals surface area contributed by atoms with Crippen LogP contribution in [0.15, 0.2) is 34.9 Å². The van der Waals surface area contributed by atoms with Crippen LogP contribution >= 0.6 is 11.8 Å². The molecule has 0 aromatic heterocycles. The summed E-state index contributed by atoms with van der Waals surface area (Å²) in [6.45, 7) is 2.17. The normalized spacial score (nSPS) is 19.1. The first-order valence-corrected chi connectivity index (χ1v) is 9.08. The molecule has 142 valence electrons. The molecule has 9 heteroatoms. The van der Waals surface area contributed by atoms with E-state index in [1.54, 1.807) is 31.2 Å². The molecule has 1 aliphatic heterocycles. The van der Waals surface area contributed by atoms with Crippen molar-refractivity contribution in [3.8, 4) is 11.8 Å². The number of rotatable bonds is 7. The lowest BCUT2D eigenvalue weighted by atomic mass is 9.78. The van der Waals surface area contributed by atoms with E-state index in [4.69, 9.17) is 15.2 Å². The molecule has 0 saturated heterocycles. The van der Waals surface area contributed by atoms with E-state index < -0.39 is 29.6 Å². The number of carbonyl (C=O) groups is 3. The van der Waals surface area contributed by atoms with Crippen LogP contribution < -0.4 is 15.8 Å². The van der Waals surface area contributed by atoms with Gasteiger partial charge >= 0.3 is 5.97 Å². The molecule has 1 aromatic carbocycles. The van der Waals surface area contributed by atoms with Crippen molar-refractivity contribution in [3.05, 3.63) is 40.4 Å². The third-order valence-corrected chi connectivity index (χ3v) is 4.94. The van der Waals surface area contributed by atoms with Gasteiger partial charge in [-0.1, -0.05) is 30.0 Å². The number of allylic oxidation sites excluding steroid dienone is 1. The molecule has 0 unspecified atom stereocenters. The highest BCUT2D eigenvalue weighted by atomic mass is 32.2. The number of para-hydroxylation sites is 1. The fourth-order valence-electron chi connectivity index (χ4n) is 2.82. The number of methoxy groups -OCH3 is 1. The predicted octanol–water partition coefficient (Wildman–Crippen LogP) is 1.04. The first-order valence-electron chi connectivity index (χ1n) is 8.10. The number of thioether (sulfide) groups is 1. The molecule has 2 atom stereocenters. The Morgan fingerprint density at radius 1 is 1.37 bits per heavy atom. The van der Waals surface area contributed by atoms with Gasteiger partial charge in [-0.05, 0) is 13.0 Å². The number of primary amides is 1. The highest BCUT2D eigenvalue weighted by Crippen LogP contribution is 2.43. The lowest BCUT2D eigenvalue weighted by Crippen LogP contribution is -2.44. The van der Waals surface area contributed by atoms with Crippen LogP contribution in [0.3, 0.4) is 0 Å². The van der Waals surface area contributed by atoms with Gasteiger partial charge in [0, 0.05) is 11.5 Å². The average molecular weight is 389 g/mol. The van der Waals surface area contributed by atoms with Gasteiger partial charge in [-0.25, -0.2) is 0 Å². The standard InChI is InChI=1S/C18H19N3O5S/c1-3-26-12-7-5-4-6-10(12)14-11(8-19)17(27-9-13(20)22)21-16(23)15(14)18(24)25-2/h4-7,14-15H,3,9H2,1-2H3,(H2,20,22)(H,21,23)/t14-,15+/m0/s1. The maximum absolute atomic E-state index is 12.6. The Morgan fingerprint density at radius 2 is 2.07 bits per heavy atom. The Morgan fingerprint density at radius 3 is 2.67 bits per heavy atom. The van der Waals surface area contributed by atoms with E-state index in [1.165, 1.54) is 7.11 Å². The summed E-state index contributed by atoms with van der Waals surface area (Å²) < 4.78 is 10.4. The van der Waals surface area contributed by atoms with Crippen LogP contribution in [0.25, 0.3) is 0 Å². The van der Waals surface area contributed by atoms with E-state index in [1.807, 2.05) is 0 Å². The van der Waals surface area contributed by atoms with Crippen LogP contribution in [-0.4, -0.2) is 37.3 Å². The lowest BCUT2D eigenvalue weighted by Gasteiger charge is -2.31. The number of nitrogens with zero attached hydrogens (tertiary/aromatic N) is 1. The Kier molecular flexibility index (Phi) is 6.85. The molecule has 27 heavy (non-hydrogen) atoms. The van der Waals surface area contributed by atoms with Crippen molar-refractivity contribution in [1.29, 1.82) is 5.26 Å². The smallest absolute Gasteiger partial charge is 0.319 e. The summed E-state index contributed by atoms with van der Waals surface area (Å²) in [5, 5.41) is 12.5.